The Morgan fingerprint density at radius 1 is 1.13 bits per heavy atom. The van der Waals surface area contributed by atoms with Gasteiger partial charge in [0, 0.05) is 26.6 Å². The highest BCUT2D eigenvalue weighted by molar-refractivity contribution is 14.1. The lowest BCUT2D eigenvalue weighted by Crippen LogP contribution is -2.52. The number of carbonyl (C=O) groups is 2. The number of ether oxygens (including phenoxy) is 2. The van der Waals surface area contributed by atoms with E-state index < -0.39 is 19.8 Å². The summed E-state index contributed by atoms with van der Waals surface area (Å²) >= 11 is 8.90. The molecule has 0 unspecified atom stereocenters. The smallest absolute Gasteiger partial charge is 0.264 e. The van der Waals surface area contributed by atoms with Crippen LogP contribution in [0.3, 0.4) is 0 Å². The first-order chi connectivity index (χ1) is 21.5. The van der Waals surface area contributed by atoms with E-state index in [-0.39, 0.29) is 42.3 Å². The molecule has 0 radical (unpaired) electrons. The summed E-state index contributed by atoms with van der Waals surface area (Å²) in [4.78, 5) is 32.4. The molecule has 3 heterocycles. The lowest BCUT2D eigenvalue weighted by Gasteiger charge is -2.37. The van der Waals surface area contributed by atoms with Crippen LogP contribution in [0.15, 0.2) is 66.7 Å². The van der Waals surface area contributed by atoms with Crippen LogP contribution >= 0.6 is 34.2 Å². The normalized spacial score (nSPS) is 26.2. The summed E-state index contributed by atoms with van der Waals surface area (Å²) in [5.41, 5.74) is 1.24. The number of hydrogen-bond acceptors (Lipinski definition) is 5. The number of aliphatic hydroxyl groups excluding tert-OH is 1. The van der Waals surface area contributed by atoms with Crippen molar-refractivity contribution in [3.05, 3.63) is 86.4 Å². The SMILES string of the molecule is COc1ccc([Si](C)(C)[C@@H]2[C@@H](CC(=O)N3CCC[C@H]3CO)O[C@]3(C(=O)N(Cc4ccc(I)cc4)c4ccc(Cl)cc43)[C@H]2C)cc1. The Morgan fingerprint density at radius 2 is 1.84 bits per heavy atom. The van der Waals surface area contributed by atoms with Crippen LogP contribution in [0.25, 0.3) is 0 Å². The number of anilines is 1. The van der Waals surface area contributed by atoms with Gasteiger partial charge in [-0.1, -0.05) is 61.1 Å². The fraction of sp³-hybridized carbons (Fsp3) is 0.429. The molecule has 1 spiro atoms. The van der Waals surface area contributed by atoms with Crippen molar-refractivity contribution in [3.63, 3.8) is 0 Å². The highest BCUT2D eigenvalue weighted by Gasteiger charge is 2.66. The monoisotopic (exact) mass is 758 g/mol. The Balaban J connectivity index is 1.44. The van der Waals surface area contributed by atoms with Crippen LogP contribution in [-0.4, -0.2) is 62.3 Å². The molecule has 5 atom stereocenters. The van der Waals surface area contributed by atoms with Gasteiger partial charge in [0.2, 0.25) is 5.91 Å². The standard InChI is InChI=1S/C35H40ClIN2O5Si/c1-22-33(45(3,4)28-14-12-27(43-2)13-15-28)31(19-32(41)38-17-5-6-26(38)21-40)44-35(22)29-18-24(36)9-16-30(29)39(34(35)42)20-23-7-10-25(37)11-8-23/h7-16,18,22,26,31,33,40H,5-6,17,19-21H2,1-4H3/t22-,26-,31+,33-,35+/m0/s1. The molecular formula is C35H40ClIN2O5Si. The minimum Gasteiger partial charge on any atom is -0.497 e. The minimum absolute atomic E-state index is 0.0298. The number of benzene rings is 3. The van der Waals surface area contributed by atoms with E-state index >= 15 is 0 Å². The number of methoxy groups -OCH3 is 1. The largest absolute Gasteiger partial charge is 0.497 e. The molecule has 3 aromatic carbocycles. The van der Waals surface area contributed by atoms with E-state index in [0.29, 0.717) is 18.1 Å². The molecule has 2 fully saturated rings. The molecule has 0 aliphatic carbocycles. The van der Waals surface area contributed by atoms with Gasteiger partial charge in [-0.2, -0.15) is 0 Å². The molecule has 2 saturated heterocycles. The van der Waals surface area contributed by atoms with Gasteiger partial charge < -0.3 is 24.4 Å². The van der Waals surface area contributed by atoms with Crippen LogP contribution in [0.5, 0.6) is 5.75 Å². The van der Waals surface area contributed by atoms with Crippen LogP contribution in [0.1, 0.15) is 37.3 Å². The Bertz CT molecular complexity index is 1590. The summed E-state index contributed by atoms with van der Waals surface area (Å²) < 4.78 is 13.7. The number of aliphatic hydroxyl groups is 1. The number of likely N-dealkylation sites (tertiary alicyclic amines) is 1. The molecule has 7 nitrogen and oxygen atoms in total. The van der Waals surface area contributed by atoms with E-state index in [9.17, 15) is 14.7 Å². The first-order valence-corrected chi connectivity index (χ1v) is 20.1. The molecule has 1 N–H and O–H groups in total. The van der Waals surface area contributed by atoms with Crippen molar-refractivity contribution in [1.82, 2.24) is 4.90 Å². The predicted octanol–water partition coefficient (Wildman–Crippen LogP) is 6.09. The molecule has 0 saturated carbocycles. The number of fused-ring (bicyclic) bond motifs is 2. The van der Waals surface area contributed by atoms with Crippen molar-refractivity contribution in [2.24, 2.45) is 5.92 Å². The third-order valence-corrected chi connectivity index (χ3v) is 15.6. The Kier molecular flexibility index (Phi) is 9.12. The van der Waals surface area contributed by atoms with E-state index in [0.717, 1.165) is 39.0 Å². The van der Waals surface area contributed by atoms with Gasteiger partial charge in [-0.3, -0.25) is 9.59 Å². The fourth-order valence-electron chi connectivity index (χ4n) is 8.06. The molecule has 2 amide bonds. The van der Waals surface area contributed by atoms with Gasteiger partial charge >= 0.3 is 0 Å². The molecule has 0 bridgehead atoms. The van der Waals surface area contributed by atoms with E-state index in [1.807, 2.05) is 64.4 Å². The zero-order valence-corrected chi connectivity index (χ0v) is 30.0. The van der Waals surface area contributed by atoms with Gasteiger partial charge in [-0.05, 0) is 89.0 Å². The first-order valence-electron chi connectivity index (χ1n) is 15.6. The molecule has 0 aromatic heterocycles. The molecule has 238 valence electrons. The predicted molar refractivity (Wildman–Crippen MR) is 188 cm³/mol. The second kappa shape index (κ2) is 12.6. The van der Waals surface area contributed by atoms with Crippen LogP contribution in [0.4, 0.5) is 5.69 Å². The van der Waals surface area contributed by atoms with Crippen LogP contribution in [0, 0.1) is 9.49 Å². The molecule has 45 heavy (non-hydrogen) atoms. The molecular weight excluding hydrogens is 719 g/mol. The quantitative estimate of drug-likeness (QED) is 0.223. The highest BCUT2D eigenvalue weighted by Crippen LogP contribution is 2.60. The summed E-state index contributed by atoms with van der Waals surface area (Å²) in [6.07, 6.45) is 1.32. The number of hydrogen-bond donors (Lipinski definition) is 1. The maximum absolute atomic E-state index is 14.9. The second-order valence-corrected chi connectivity index (χ2v) is 19.5. The van der Waals surface area contributed by atoms with Crippen LogP contribution in [-0.2, 0) is 26.5 Å². The number of nitrogens with zero attached hydrogens (tertiary/aromatic N) is 2. The Hall–Kier alpha value is -2.44. The summed E-state index contributed by atoms with van der Waals surface area (Å²) in [7, 11) is -0.749. The van der Waals surface area contributed by atoms with Gasteiger partial charge in [0.05, 0.1) is 52.6 Å². The molecule has 3 aliphatic heterocycles. The van der Waals surface area contributed by atoms with Gasteiger partial charge in [0.1, 0.15) is 5.75 Å². The minimum atomic E-state index is -2.41. The third kappa shape index (κ3) is 5.62. The topological polar surface area (TPSA) is 79.3 Å². The Morgan fingerprint density at radius 3 is 2.51 bits per heavy atom. The van der Waals surface area contributed by atoms with Crippen molar-refractivity contribution in [2.75, 3.05) is 25.2 Å². The second-order valence-electron chi connectivity index (χ2n) is 13.1. The first kappa shape index (κ1) is 32.5. The van der Waals surface area contributed by atoms with E-state index in [1.165, 1.54) is 5.19 Å². The van der Waals surface area contributed by atoms with Crippen LogP contribution in [0.2, 0.25) is 23.7 Å². The van der Waals surface area contributed by atoms with E-state index in [1.54, 1.807) is 7.11 Å². The van der Waals surface area contributed by atoms with Gasteiger partial charge in [0.15, 0.2) is 5.60 Å². The van der Waals surface area contributed by atoms with E-state index in [2.05, 4.69) is 54.7 Å². The summed E-state index contributed by atoms with van der Waals surface area (Å²) in [6.45, 7) is 7.72. The van der Waals surface area contributed by atoms with Crippen LogP contribution < -0.4 is 14.8 Å². The maximum Gasteiger partial charge on any atom is 0.264 e. The fourth-order valence-corrected chi connectivity index (χ4v) is 12.6. The summed E-state index contributed by atoms with van der Waals surface area (Å²) in [6, 6.07) is 21.8. The zero-order chi connectivity index (χ0) is 32.1. The lowest BCUT2D eigenvalue weighted by molar-refractivity contribution is -0.150. The Labute approximate surface area is 285 Å². The summed E-state index contributed by atoms with van der Waals surface area (Å²) in [5, 5.41) is 11.7. The van der Waals surface area contributed by atoms with Gasteiger partial charge in [0.25, 0.3) is 5.91 Å². The number of rotatable bonds is 8. The van der Waals surface area contributed by atoms with Gasteiger partial charge in [-0.15, -0.1) is 0 Å². The van der Waals surface area contributed by atoms with Crippen molar-refractivity contribution in [1.29, 1.82) is 0 Å². The average Bonchev–Trinajstić information content (AvgIpc) is 3.69. The zero-order valence-electron chi connectivity index (χ0n) is 26.1. The maximum atomic E-state index is 14.9. The highest BCUT2D eigenvalue weighted by atomic mass is 127. The van der Waals surface area contributed by atoms with Crippen molar-refractivity contribution in [2.45, 2.75) is 69.1 Å². The van der Waals surface area contributed by atoms with Crippen molar-refractivity contribution < 1.29 is 24.2 Å². The molecule has 10 heteroatoms. The number of carbonyl (C=O) groups excluding carboxylic acids is 2. The van der Waals surface area contributed by atoms with Gasteiger partial charge in [-0.25, -0.2) is 0 Å². The summed E-state index contributed by atoms with van der Waals surface area (Å²) in [5.74, 6) is 0.405. The van der Waals surface area contributed by atoms with Crippen molar-refractivity contribution >= 4 is 65.0 Å². The molecule has 3 aliphatic rings. The lowest BCUT2D eigenvalue weighted by atomic mass is 9.82. The average molecular weight is 759 g/mol. The van der Waals surface area contributed by atoms with E-state index in [4.69, 9.17) is 21.1 Å². The molecule has 6 rings (SSSR count). The third-order valence-electron chi connectivity index (χ3n) is 10.3. The number of amides is 2. The van der Waals surface area contributed by atoms with Crippen molar-refractivity contribution in [3.8, 4) is 5.75 Å². The molecule has 3 aromatic rings. The number of halogens is 2.